The molecule has 0 bridgehead atoms. The first-order valence-electron chi connectivity index (χ1n) is 8.19. The lowest BCUT2D eigenvalue weighted by Crippen LogP contribution is -2.41. The number of benzene rings is 1. The average Bonchev–Trinajstić information content (AvgIpc) is 3.00. The van der Waals surface area contributed by atoms with Crippen LogP contribution in [0.4, 0.5) is 8.78 Å². The molecule has 2 aliphatic rings. The van der Waals surface area contributed by atoms with Gasteiger partial charge in [-0.1, -0.05) is 0 Å². The quantitative estimate of drug-likeness (QED) is 0.778. The first-order chi connectivity index (χ1) is 11.1. The fourth-order valence-corrected chi connectivity index (χ4v) is 2.91. The number of hydrogen-bond acceptors (Lipinski definition) is 3. The van der Waals surface area contributed by atoms with Crippen LogP contribution in [0.25, 0.3) is 0 Å². The van der Waals surface area contributed by atoms with E-state index in [0.29, 0.717) is 18.5 Å². The van der Waals surface area contributed by atoms with Gasteiger partial charge >= 0.3 is 7.12 Å². The van der Waals surface area contributed by atoms with Crippen molar-refractivity contribution in [1.29, 1.82) is 0 Å². The van der Waals surface area contributed by atoms with E-state index < -0.39 is 30.3 Å². The van der Waals surface area contributed by atoms with Gasteiger partial charge in [0, 0.05) is 17.6 Å². The molecule has 1 amide bonds. The Labute approximate surface area is 141 Å². The van der Waals surface area contributed by atoms with Crippen LogP contribution in [0.3, 0.4) is 0 Å². The fourth-order valence-electron chi connectivity index (χ4n) is 2.91. The van der Waals surface area contributed by atoms with Gasteiger partial charge in [-0.3, -0.25) is 4.79 Å². The lowest BCUT2D eigenvalue weighted by Gasteiger charge is -2.32. The lowest BCUT2D eigenvalue weighted by atomic mass is 9.78. The molecule has 130 valence electrons. The maximum absolute atomic E-state index is 14.3. The summed E-state index contributed by atoms with van der Waals surface area (Å²) >= 11 is 0. The molecule has 0 saturated carbocycles. The summed E-state index contributed by atoms with van der Waals surface area (Å²) < 4.78 is 39.3. The molecule has 1 atom stereocenters. The molecule has 0 aromatic heterocycles. The van der Waals surface area contributed by atoms with Crippen LogP contribution in [-0.4, -0.2) is 48.4 Å². The average molecular weight is 337 g/mol. The third kappa shape index (κ3) is 2.95. The number of amides is 1. The van der Waals surface area contributed by atoms with Gasteiger partial charge < -0.3 is 14.2 Å². The van der Waals surface area contributed by atoms with Crippen molar-refractivity contribution in [1.82, 2.24) is 4.90 Å². The molecule has 0 N–H and O–H groups in total. The predicted octanol–water partition coefficient (Wildman–Crippen LogP) is 2.31. The zero-order valence-corrected chi connectivity index (χ0v) is 14.4. The van der Waals surface area contributed by atoms with Crippen molar-refractivity contribution in [3.05, 3.63) is 29.6 Å². The minimum absolute atomic E-state index is 0.0854. The highest BCUT2D eigenvalue weighted by atomic mass is 19.1. The topological polar surface area (TPSA) is 38.8 Å². The normalized spacial score (nSPS) is 25.3. The summed E-state index contributed by atoms with van der Waals surface area (Å²) in [7, 11) is -0.879. The van der Waals surface area contributed by atoms with Crippen molar-refractivity contribution >= 4 is 18.5 Å². The molecular weight excluding hydrogens is 315 g/mol. The van der Waals surface area contributed by atoms with Crippen LogP contribution in [0, 0.1) is 5.82 Å². The molecule has 0 spiro atoms. The Bertz CT molecular complexity index is 649. The second-order valence-electron chi connectivity index (χ2n) is 7.46. The molecule has 24 heavy (non-hydrogen) atoms. The van der Waals surface area contributed by atoms with E-state index >= 15 is 0 Å². The minimum atomic E-state index is -0.989. The minimum Gasteiger partial charge on any atom is -0.399 e. The SMILES string of the molecule is CC1(C)OB(c2cc(C(=O)N3CC[C@H](F)C3)ccc2F)OC1(C)C. The fraction of sp³-hybridized carbons (Fsp3) is 0.588. The van der Waals surface area contributed by atoms with Gasteiger partial charge in [-0.2, -0.15) is 0 Å². The third-order valence-electron chi connectivity index (χ3n) is 5.17. The van der Waals surface area contributed by atoms with E-state index in [1.54, 1.807) is 0 Å². The molecule has 2 aliphatic heterocycles. The molecule has 2 saturated heterocycles. The van der Waals surface area contributed by atoms with Crippen molar-refractivity contribution in [2.45, 2.75) is 51.5 Å². The number of nitrogens with zero attached hydrogens (tertiary/aromatic N) is 1. The van der Waals surface area contributed by atoms with E-state index in [-0.39, 0.29) is 17.9 Å². The summed E-state index contributed by atoms with van der Waals surface area (Å²) in [6.45, 7) is 7.99. The van der Waals surface area contributed by atoms with E-state index in [1.807, 2.05) is 27.7 Å². The van der Waals surface area contributed by atoms with Crippen LogP contribution in [0.15, 0.2) is 18.2 Å². The Hall–Kier alpha value is -1.47. The Morgan fingerprint density at radius 1 is 1.25 bits per heavy atom. The summed E-state index contributed by atoms with van der Waals surface area (Å²) in [6.07, 6.45) is -0.645. The number of carbonyl (C=O) groups is 1. The number of rotatable bonds is 2. The number of carbonyl (C=O) groups excluding carboxylic acids is 1. The standard InChI is InChI=1S/C17H22BF2NO3/c1-16(2)17(3,4)24-18(23-16)13-9-11(5-6-14(13)20)15(22)21-8-7-12(19)10-21/h5-6,9,12H,7-8,10H2,1-4H3/t12-/m0/s1. The Kier molecular flexibility index (Phi) is 4.20. The lowest BCUT2D eigenvalue weighted by molar-refractivity contribution is 0.00578. The second kappa shape index (κ2) is 5.81. The van der Waals surface area contributed by atoms with Crippen LogP contribution in [-0.2, 0) is 9.31 Å². The van der Waals surface area contributed by atoms with Gasteiger partial charge in [0.05, 0.1) is 17.7 Å². The Morgan fingerprint density at radius 2 is 1.88 bits per heavy atom. The van der Waals surface area contributed by atoms with E-state index in [1.165, 1.54) is 23.1 Å². The molecule has 4 nitrogen and oxygen atoms in total. The number of hydrogen-bond donors (Lipinski definition) is 0. The molecule has 3 rings (SSSR count). The van der Waals surface area contributed by atoms with Crippen molar-refractivity contribution in [2.75, 3.05) is 13.1 Å². The zero-order chi connectivity index (χ0) is 17.7. The highest BCUT2D eigenvalue weighted by Crippen LogP contribution is 2.36. The molecule has 0 unspecified atom stereocenters. The van der Waals surface area contributed by atoms with Crippen LogP contribution in [0.1, 0.15) is 44.5 Å². The van der Waals surface area contributed by atoms with Crippen LogP contribution < -0.4 is 5.46 Å². The highest BCUT2D eigenvalue weighted by Gasteiger charge is 2.52. The van der Waals surface area contributed by atoms with E-state index in [2.05, 4.69) is 0 Å². The van der Waals surface area contributed by atoms with E-state index in [4.69, 9.17) is 9.31 Å². The van der Waals surface area contributed by atoms with Gasteiger partial charge in [0.15, 0.2) is 0 Å². The summed E-state index contributed by atoms with van der Waals surface area (Å²) in [6, 6.07) is 4.10. The van der Waals surface area contributed by atoms with E-state index in [0.717, 1.165) is 0 Å². The molecular formula is C17H22BF2NO3. The summed E-state index contributed by atoms with van der Waals surface area (Å²) in [5.41, 5.74) is -0.688. The van der Waals surface area contributed by atoms with Crippen molar-refractivity contribution in [3.8, 4) is 0 Å². The number of halogens is 2. The monoisotopic (exact) mass is 337 g/mol. The van der Waals surface area contributed by atoms with Crippen molar-refractivity contribution < 1.29 is 22.9 Å². The molecule has 1 aromatic carbocycles. The zero-order valence-electron chi connectivity index (χ0n) is 14.4. The first-order valence-corrected chi connectivity index (χ1v) is 8.19. The summed E-state index contributed by atoms with van der Waals surface area (Å²) in [5, 5.41) is 0. The third-order valence-corrected chi connectivity index (χ3v) is 5.17. The summed E-state index contributed by atoms with van der Waals surface area (Å²) in [4.78, 5) is 13.9. The van der Waals surface area contributed by atoms with Gasteiger partial charge in [0.2, 0.25) is 0 Å². The van der Waals surface area contributed by atoms with Gasteiger partial charge in [-0.05, 0) is 52.3 Å². The Morgan fingerprint density at radius 3 is 2.42 bits per heavy atom. The van der Waals surface area contributed by atoms with Gasteiger partial charge in [-0.25, -0.2) is 8.78 Å². The van der Waals surface area contributed by atoms with Crippen LogP contribution in [0.2, 0.25) is 0 Å². The molecule has 2 fully saturated rings. The Balaban J connectivity index is 1.86. The highest BCUT2D eigenvalue weighted by molar-refractivity contribution is 6.62. The first kappa shape index (κ1) is 17.4. The molecule has 7 heteroatoms. The molecule has 2 heterocycles. The molecule has 1 aromatic rings. The second-order valence-corrected chi connectivity index (χ2v) is 7.46. The smallest absolute Gasteiger partial charge is 0.399 e. The van der Waals surface area contributed by atoms with Crippen LogP contribution >= 0.6 is 0 Å². The van der Waals surface area contributed by atoms with Crippen molar-refractivity contribution in [2.24, 2.45) is 0 Å². The van der Waals surface area contributed by atoms with Gasteiger partial charge in [-0.15, -0.1) is 0 Å². The van der Waals surface area contributed by atoms with Crippen molar-refractivity contribution in [3.63, 3.8) is 0 Å². The maximum atomic E-state index is 14.3. The largest absolute Gasteiger partial charge is 0.497 e. The predicted molar refractivity (Wildman–Crippen MR) is 87.5 cm³/mol. The number of likely N-dealkylation sites (tertiary alicyclic amines) is 1. The molecule has 0 aliphatic carbocycles. The number of alkyl halides is 1. The summed E-state index contributed by atoms with van der Waals surface area (Å²) in [5.74, 6) is -0.789. The van der Waals surface area contributed by atoms with Gasteiger partial charge in [0.25, 0.3) is 5.91 Å². The molecule has 0 radical (unpaired) electrons. The van der Waals surface area contributed by atoms with Crippen LogP contribution in [0.5, 0.6) is 0 Å². The van der Waals surface area contributed by atoms with Gasteiger partial charge in [0.1, 0.15) is 12.0 Å². The van der Waals surface area contributed by atoms with E-state index in [9.17, 15) is 13.6 Å². The maximum Gasteiger partial charge on any atom is 0.497 e.